The first-order valence-electron chi connectivity index (χ1n) is 6.66. The van der Waals surface area contributed by atoms with Gasteiger partial charge in [0.2, 0.25) is 10.0 Å². The molecule has 2 atom stereocenters. The summed E-state index contributed by atoms with van der Waals surface area (Å²) >= 11 is 0. The smallest absolute Gasteiger partial charge is 0.208 e. The Kier molecular flexibility index (Phi) is 4.65. The van der Waals surface area contributed by atoms with Crippen LogP contribution in [0.5, 0.6) is 0 Å². The average Bonchev–Trinajstić information content (AvgIpc) is 2.41. The molecule has 0 bridgehead atoms. The van der Waals surface area contributed by atoms with Crippen LogP contribution in [0.25, 0.3) is 10.4 Å². The van der Waals surface area contributed by atoms with Crippen molar-refractivity contribution in [3.05, 3.63) is 40.3 Å². The Morgan fingerprint density at radius 2 is 1.90 bits per heavy atom. The molecule has 0 spiro atoms. The Hall–Kier alpha value is -1.56. The molecule has 1 aliphatic carbocycles. The highest BCUT2D eigenvalue weighted by Gasteiger charge is 2.28. The summed E-state index contributed by atoms with van der Waals surface area (Å²) in [4.78, 5) is 3.06. The number of hydrogen-bond donors (Lipinski definition) is 1. The Balaban J connectivity index is 2.18. The number of rotatable bonds is 4. The first-order chi connectivity index (χ1) is 9.53. The normalized spacial score (nSPS) is 23.1. The monoisotopic (exact) mass is 294 g/mol. The Morgan fingerprint density at radius 1 is 1.25 bits per heavy atom. The summed E-state index contributed by atoms with van der Waals surface area (Å²) in [5.74, 6) is 0. The van der Waals surface area contributed by atoms with E-state index < -0.39 is 10.0 Å². The zero-order valence-electron chi connectivity index (χ0n) is 11.4. The number of nitrogens with zero attached hydrogens (tertiary/aromatic N) is 3. The fourth-order valence-corrected chi connectivity index (χ4v) is 3.74. The lowest BCUT2D eigenvalue weighted by Gasteiger charge is -2.28. The van der Waals surface area contributed by atoms with Crippen molar-refractivity contribution in [2.24, 2.45) is 5.11 Å². The number of azide groups is 1. The van der Waals surface area contributed by atoms with Crippen LogP contribution in [0.3, 0.4) is 0 Å². The van der Waals surface area contributed by atoms with Crippen molar-refractivity contribution < 1.29 is 8.42 Å². The van der Waals surface area contributed by atoms with Crippen LogP contribution in [-0.2, 0) is 10.0 Å². The van der Waals surface area contributed by atoms with E-state index >= 15 is 0 Å². The maximum atomic E-state index is 12.3. The SMILES string of the molecule is Cc1ccc(S(=O)(=O)N[C@H]2CCCC[C@@H]2N=[N+]=[N-])cc1. The molecule has 1 saturated carbocycles. The molecule has 0 heterocycles. The van der Waals surface area contributed by atoms with Gasteiger partial charge in [-0.1, -0.05) is 35.7 Å². The van der Waals surface area contributed by atoms with Crippen LogP contribution < -0.4 is 4.72 Å². The van der Waals surface area contributed by atoms with Crippen molar-refractivity contribution in [3.63, 3.8) is 0 Å². The molecule has 0 aliphatic heterocycles. The van der Waals surface area contributed by atoms with Crippen LogP contribution in [0.15, 0.2) is 34.3 Å². The zero-order valence-corrected chi connectivity index (χ0v) is 12.2. The second kappa shape index (κ2) is 6.26. The summed E-state index contributed by atoms with van der Waals surface area (Å²) < 4.78 is 27.3. The van der Waals surface area contributed by atoms with Crippen LogP contribution in [0.1, 0.15) is 31.2 Å². The number of benzene rings is 1. The van der Waals surface area contributed by atoms with Crippen molar-refractivity contribution in [1.29, 1.82) is 0 Å². The number of aryl methyl sites for hydroxylation is 1. The fourth-order valence-electron chi connectivity index (χ4n) is 2.44. The minimum Gasteiger partial charge on any atom is -0.208 e. The van der Waals surface area contributed by atoms with E-state index in [1.54, 1.807) is 24.3 Å². The Morgan fingerprint density at radius 3 is 2.55 bits per heavy atom. The highest BCUT2D eigenvalue weighted by molar-refractivity contribution is 7.89. The molecule has 0 radical (unpaired) electrons. The molecule has 2 rings (SSSR count). The number of nitrogens with one attached hydrogen (secondary N) is 1. The van der Waals surface area contributed by atoms with E-state index in [4.69, 9.17) is 5.53 Å². The van der Waals surface area contributed by atoms with Gasteiger partial charge in [0.25, 0.3) is 0 Å². The molecule has 1 aromatic carbocycles. The van der Waals surface area contributed by atoms with Gasteiger partial charge < -0.3 is 0 Å². The molecule has 1 N–H and O–H groups in total. The first kappa shape index (κ1) is 14.8. The van der Waals surface area contributed by atoms with Crippen molar-refractivity contribution in [2.45, 2.75) is 49.6 Å². The maximum absolute atomic E-state index is 12.3. The van der Waals surface area contributed by atoms with E-state index in [1.807, 2.05) is 6.92 Å². The summed E-state index contributed by atoms with van der Waals surface area (Å²) in [5.41, 5.74) is 9.57. The van der Waals surface area contributed by atoms with E-state index in [9.17, 15) is 8.42 Å². The van der Waals surface area contributed by atoms with Crippen LogP contribution in [0.4, 0.5) is 0 Å². The summed E-state index contributed by atoms with van der Waals surface area (Å²) in [6.07, 6.45) is 3.34. The quantitative estimate of drug-likeness (QED) is 0.525. The van der Waals surface area contributed by atoms with Crippen LogP contribution in [0, 0.1) is 6.92 Å². The van der Waals surface area contributed by atoms with Gasteiger partial charge in [-0.3, -0.25) is 0 Å². The zero-order chi connectivity index (χ0) is 14.6. The fraction of sp³-hybridized carbons (Fsp3) is 0.538. The predicted octanol–water partition coefficient (Wildman–Crippen LogP) is 2.89. The van der Waals surface area contributed by atoms with Gasteiger partial charge in [-0.2, -0.15) is 0 Å². The number of sulfonamides is 1. The van der Waals surface area contributed by atoms with E-state index in [0.717, 1.165) is 24.8 Å². The second-order valence-corrected chi connectivity index (χ2v) is 6.81. The van der Waals surface area contributed by atoms with Gasteiger partial charge in [0.1, 0.15) is 0 Å². The Bertz CT molecular complexity index is 606. The summed E-state index contributed by atoms with van der Waals surface area (Å²) in [5, 5.41) is 3.71. The molecule has 1 aromatic rings. The van der Waals surface area contributed by atoms with Crippen LogP contribution in [-0.4, -0.2) is 20.5 Å². The molecule has 20 heavy (non-hydrogen) atoms. The first-order valence-corrected chi connectivity index (χ1v) is 8.14. The third-order valence-corrected chi connectivity index (χ3v) is 5.07. The van der Waals surface area contributed by atoms with Crippen molar-refractivity contribution in [1.82, 2.24) is 4.72 Å². The van der Waals surface area contributed by atoms with E-state index in [0.29, 0.717) is 6.42 Å². The molecular formula is C13H18N4O2S. The number of hydrogen-bond acceptors (Lipinski definition) is 3. The van der Waals surface area contributed by atoms with E-state index in [1.165, 1.54) is 0 Å². The van der Waals surface area contributed by atoms with E-state index in [-0.39, 0.29) is 17.0 Å². The highest BCUT2D eigenvalue weighted by atomic mass is 32.2. The predicted molar refractivity (Wildman–Crippen MR) is 76.7 cm³/mol. The third kappa shape index (κ3) is 3.50. The van der Waals surface area contributed by atoms with Gasteiger partial charge in [0, 0.05) is 11.0 Å². The standard InChI is InChI=1S/C13H18N4O2S/c1-10-6-8-11(9-7-10)20(18,19)16-13-5-3-2-4-12(13)15-17-14/h6-9,12-13,16H,2-5H2,1H3/t12-,13-/m0/s1. The Labute approximate surface area is 118 Å². The molecule has 7 heteroatoms. The lowest BCUT2D eigenvalue weighted by molar-refractivity contribution is 0.360. The second-order valence-electron chi connectivity index (χ2n) is 5.10. The summed E-state index contributed by atoms with van der Waals surface area (Å²) in [6.45, 7) is 1.91. The molecule has 6 nitrogen and oxygen atoms in total. The van der Waals surface area contributed by atoms with Gasteiger partial charge in [0.15, 0.2) is 0 Å². The van der Waals surface area contributed by atoms with Gasteiger partial charge >= 0.3 is 0 Å². The third-order valence-electron chi connectivity index (χ3n) is 3.57. The lowest BCUT2D eigenvalue weighted by Crippen LogP contribution is -2.44. The molecule has 0 saturated heterocycles. The summed E-state index contributed by atoms with van der Waals surface area (Å²) in [6, 6.07) is 6.09. The van der Waals surface area contributed by atoms with E-state index in [2.05, 4.69) is 14.7 Å². The molecule has 1 fully saturated rings. The van der Waals surface area contributed by atoms with Gasteiger partial charge in [-0.15, -0.1) is 0 Å². The van der Waals surface area contributed by atoms with Crippen molar-refractivity contribution >= 4 is 10.0 Å². The minimum atomic E-state index is -3.56. The molecule has 108 valence electrons. The van der Waals surface area contributed by atoms with Crippen molar-refractivity contribution in [2.75, 3.05) is 0 Å². The lowest BCUT2D eigenvalue weighted by atomic mass is 9.92. The van der Waals surface area contributed by atoms with Crippen LogP contribution in [0.2, 0.25) is 0 Å². The maximum Gasteiger partial charge on any atom is 0.240 e. The molecule has 0 aromatic heterocycles. The largest absolute Gasteiger partial charge is 0.240 e. The molecule has 1 aliphatic rings. The minimum absolute atomic E-state index is 0.244. The molecular weight excluding hydrogens is 276 g/mol. The molecule has 0 unspecified atom stereocenters. The summed E-state index contributed by atoms with van der Waals surface area (Å²) in [7, 11) is -3.56. The van der Waals surface area contributed by atoms with Gasteiger partial charge in [-0.05, 0) is 37.4 Å². The highest BCUT2D eigenvalue weighted by Crippen LogP contribution is 2.23. The van der Waals surface area contributed by atoms with Crippen LogP contribution >= 0.6 is 0 Å². The molecule has 0 amide bonds. The average molecular weight is 294 g/mol. The van der Waals surface area contributed by atoms with Gasteiger partial charge in [0.05, 0.1) is 10.9 Å². The van der Waals surface area contributed by atoms with Gasteiger partial charge in [-0.25, -0.2) is 13.1 Å². The topological polar surface area (TPSA) is 94.9 Å². The van der Waals surface area contributed by atoms with Crippen molar-refractivity contribution in [3.8, 4) is 0 Å².